The van der Waals surface area contributed by atoms with Crippen molar-refractivity contribution in [1.82, 2.24) is 4.90 Å². The van der Waals surface area contributed by atoms with Crippen LogP contribution in [-0.2, 0) is 11.3 Å². The first-order valence-electron chi connectivity index (χ1n) is 9.63. The summed E-state index contributed by atoms with van der Waals surface area (Å²) in [5.74, 6) is -0.923. The molecule has 0 unspecified atom stereocenters. The van der Waals surface area contributed by atoms with Crippen molar-refractivity contribution >= 4 is 29.1 Å². The van der Waals surface area contributed by atoms with Crippen LogP contribution in [0.4, 0.5) is 10.1 Å². The smallest absolute Gasteiger partial charge is 0.255 e. The molecule has 1 heterocycles. The van der Waals surface area contributed by atoms with E-state index >= 15 is 0 Å². The third-order valence-electron chi connectivity index (χ3n) is 5.27. The van der Waals surface area contributed by atoms with Crippen molar-refractivity contribution < 1.29 is 14.0 Å². The van der Waals surface area contributed by atoms with Crippen LogP contribution in [-0.4, -0.2) is 16.7 Å². The third-order valence-corrected chi connectivity index (χ3v) is 5.56. The van der Waals surface area contributed by atoms with E-state index in [0.29, 0.717) is 17.8 Å². The Bertz CT molecular complexity index is 1110. The van der Waals surface area contributed by atoms with E-state index in [1.807, 2.05) is 55.5 Å². The van der Waals surface area contributed by atoms with E-state index in [0.717, 1.165) is 16.7 Å². The summed E-state index contributed by atoms with van der Waals surface area (Å²) in [6, 6.07) is 18.9. The number of hydrogen-bond acceptors (Lipinski definition) is 2. The van der Waals surface area contributed by atoms with Gasteiger partial charge in [0.25, 0.3) is 5.91 Å². The molecule has 0 spiro atoms. The predicted octanol–water partition coefficient (Wildman–Crippen LogP) is 5.51. The molecule has 0 aromatic heterocycles. The maximum atomic E-state index is 13.4. The summed E-state index contributed by atoms with van der Waals surface area (Å²) in [7, 11) is 0. The Morgan fingerprint density at radius 3 is 2.57 bits per heavy atom. The minimum absolute atomic E-state index is 0.0620. The van der Waals surface area contributed by atoms with Gasteiger partial charge in [0.2, 0.25) is 5.91 Å². The summed E-state index contributed by atoms with van der Waals surface area (Å²) in [6.45, 7) is 2.43. The first-order valence-corrected chi connectivity index (χ1v) is 10.0. The lowest BCUT2D eigenvalue weighted by Gasteiger charge is -2.28. The third kappa shape index (κ3) is 4.07. The highest BCUT2D eigenvalue weighted by Gasteiger charge is 2.34. The van der Waals surface area contributed by atoms with Crippen molar-refractivity contribution in [3.8, 4) is 0 Å². The number of fused-ring (bicyclic) bond motifs is 1. The van der Waals surface area contributed by atoms with Crippen LogP contribution in [0.15, 0.2) is 66.7 Å². The molecular weight excluding hydrogens is 403 g/mol. The van der Waals surface area contributed by atoms with Gasteiger partial charge in [-0.1, -0.05) is 59.6 Å². The number of carbonyl (C=O) groups excluding carboxylic acids is 2. The molecule has 2 amide bonds. The number of hydrogen-bond donors (Lipinski definition) is 1. The Hall–Kier alpha value is -3.18. The number of carbonyl (C=O) groups is 2. The van der Waals surface area contributed by atoms with Crippen molar-refractivity contribution in [1.29, 1.82) is 0 Å². The predicted molar refractivity (Wildman–Crippen MR) is 115 cm³/mol. The molecule has 0 bridgehead atoms. The minimum atomic E-state index is -0.548. The van der Waals surface area contributed by atoms with Gasteiger partial charge < -0.3 is 10.2 Å². The van der Waals surface area contributed by atoms with Gasteiger partial charge in [0.05, 0.1) is 17.5 Å². The molecule has 6 heteroatoms. The van der Waals surface area contributed by atoms with Gasteiger partial charge in [-0.3, -0.25) is 9.59 Å². The summed E-state index contributed by atoms with van der Waals surface area (Å²) in [4.78, 5) is 27.6. The number of amides is 2. The number of aryl methyl sites for hydroxylation is 1. The van der Waals surface area contributed by atoms with Gasteiger partial charge in [-0.25, -0.2) is 4.39 Å². The molecule has 3 aromatic rings. The lowest BCUT2D eigenvalue weighted by atomic mass is 10.00. The first kappa shape index (κ1) is 20.1. The highest BCUT2D eigenvalue weighted by Crippen LogP contribution is 2.34. The van der Waals surface area contributed by atoms with Crippen molar-refractivity contribution in [3.05, 3.63) is 99.8 Å². The van der Waals surface area contributed by atoms with Crippen LogP contribution in [0.25, 0.3) is 0 Å². The first-order chi connectivity index (χ1) is 14.4. The van der Waals surface area contributed by atoms with Gasteiger partial charge in [0, 0.05) is 17.8 Å². The van der Waals surface area contributed by atoms with Crippen LogP contribution in [0.5, 0.6) is 0 Å². The number of anilines is 1. The topological polar surface area (TPSA) is 49.4 Å². The second-order valence-electron chi connectivity index (χ2n) is 7.40. The highest BCUT2D eigenvalue weighted by atomic mass is 35.5. The zero-order valence-corrected chi connectivity index (χ0v) is 17.1. The molecule has 4 nitrogen and oxygen atoms in total. The van der Waals surface area contributed by atoms with Gasteiger partial charge in [0.15, 0.2) is 0 Å². The fraction of sp³-hybridized carbons (Fsp3) is 0.167. The summed E-state index contributed by atoms with van der Waals surface area (Å²) in [5.41, 5.74) is 4.00. The number of rotatable bonds is 5. The number of halogens is 2. The summed E-state index contributed by atoms with van der Waals surface area (Å²) < 4.78 is 13.4. The zero-order valence-electron chi connectivity index (χ0n) is 16.4. The van der Waals surface area contributed by atoms with E-state index in [1.54, 1.807) is 4.90 Å². The number of nitrogens with zero attached hydrogens (tertiary/aromatic N) is 1. The Morgan fingerprint density at radius 2 is 1.87 bits per heavy atom. The molecule has 1 atom stereocenters. The van der Waals surface area contributed by atoms with Crippen molar-refractivity contribution in [3.63, 3.8) is 0 Å². The van der Waals surface area contributed by atoms with Crippen LogP contribution in [0.1, 0.15) is 39.5 Å². The standard InChI is InChI=1S/C24H20ClFN2O2/c1-15-6-8-16(9-7-15)22(28-14-17-4-2-3-5-19(17)24(28)30)13-23(29)27-18-10-11-21(26)20(25)12-18/h2-12,22H,13-14H2,1H3,(H,27,29)/t22-/m0/s1. The Morgan fingerprint density at radius 1 is 1.13 bits per heavy atom. The van der Waals surface area contributed by atoms with E-state index in [2.05, 4.69) is 5.32 Å². The second-order valence-corrected chi connectivity index (χ2v) is 7.81. The van der Waals surface area contributed by atoms with Gasteiger partial charge in [-0.05, 0) is 42.3 Å². The SMILES string of the molecule is Cc1ccc([C@H](CC(=O)Nc2ccc(F)c(Cl)c2)N2Cc3ccccc3C2=O)cc1. The van der Waals surface area contributed by atoms with Crippen LogP contribution in [0.3, 0.4) is 0 Å². The molecule has 0 aliphatic carbocycles. The van der Waals surface area contributed by atoms with Gasteiger partial charge in [-0.15, -0.1) is 0 Å². The Kier molecular flexibility index (Phi) is 5.55. The molecule has 1 N–H and O–H groups in total. The lowest BCUT2D eigenvalue weighted by Crippen LogP contribution is -2.32. The van der Waals surface area contributed by atoms with Crippen LogP contribution >= 0.6 is 11.6 Å². The van der Waals surface area contributed by atoms with Crippen molar-refractivity contribution in [2.75, 3.05) is 5.32 Å². The lowest BCUT2D eigenvalue weighted by molar-refractivity contribution is -0.117. The van der Waals surface area contributed by atoms with E-state index in [-0.39, 0.29) is 23.3 Å². The second kappa shape index (κ2) is 8.28. The highest BCUT2D eigenvalue weighted by molar-refractivity contribution is 6.31. The molecule has 3 aromatic carbocycles. The Labute approximate surface area is 179 Å². The molecule has 0 fully saturated rings. The van der Waals surface area contributed by atoms with Crippen LogP contribution < -0.4 is 5.32 Å². The Balaban J connectivity index is 1.60. The van der Waals surface area contributed by atoms with Crippen LogP contribution in [0.2, 0.25) is 5.02 Å². The van der Waals surface area contributed by atoms with Crippen molar-refractivity contribution in [2.45, 2.75) is 25.9 Å². The van der Waals surface area contributed by atoms with E-state index in [1.165, 1.54) is 18.2 Å². The minimum Gasteiger partial charge on any atom is -0.327 e. The summed E-state index contributed by atoms with van der Waals surface area (Å²) in [6.07, 6.45) is 0.0672. The molecule has 0 saturated carbocycles. The van der Waals surface area contributed by atoms with E-state index in [9.17, 15) is 14.0 Å². The molecule has 0 saturated heterocycles. The van der Waals surface area contributed by atoms with Gasteiger partial charge >= 0.3 is 0 Å². The normalized spacial score (nSPS) is 13.8. The molecule has 30 heavy (non-hydrogen) atoms. The average molecular weight is 423 g/mol. The number of nitrogens with one attached hydrogen (secondary N) is 1. The fourth-order valence-electron chi connectivity index (χ4n) is 3.69. The molecule has 152 valence electrons. The van der Waals surface area contributed by atoms with Crippen LogP contribution in [0, 0.1) is 12.7 Å². The van der Waals surface area contributed by atoms with Gasteiger partial charge in [0.1, 0.15) is 5.82 Å². The average Bonchev–Trinajstić information content (AvgIpc) is 3.06. The fourth-order valence-corrected chi connectivity index (χ4v) is 3.87. The molecule has 1 aliphatic rings. The number of benzene rings is 3. The quantitative estimate of drug-likeness (QED) is 0.589. The van der Waals surface area contributed by atoms with Crippen molar-refractivity contribution in [2.24, 2.45) is 0 Å². The summed E-state index contributed by atoms with van der Waals surface area (Å²) in [5, 5.41) is 2.69. The maximum absolute atomic E-state index is 13.4. The maximum Gasteiger partial charge on any atom is 0.255 e. The largest absolute Gasteiger partial charge is 0.327 e. The van der Waals surface area contributed by atoms with E-state index < -0.39 is 11.9 Å². The van der Waals surface area contributed by atoms with E-state index in [4.69, 9.17) is 11.6 Å². The molecular formula is C24H20ClFN2O2. The summed E-state index contributed by atoms with van der Waals surface area (Å²) >= 11 is 5.81. The molecule has 4 rings (SSSR count). The molecule has 0 radical (unpaired) electrons. The monoisotopic (exact) mass is 422 g/mol. The van der Waals surface area contributed by atoms with Gasteiger partial charge in [-0.2, -0.15) is 0 Å². The zero-order chi connectivity index (χ0) is 21.3. The molecule has 1 aliphatic heterocycles.